The van der Waals surface area contributed by atoms with E-state index in [4.69, 9.17) is 15.5 Å². The van der Waals surface area contributed by atoms with Crippen molar-refractivity contribution in [3.05, 3.63) is 71.9 Å². The molecule has 3 aromatic heterocycles. The predicted octanol–water partition coefficient (Wildman–Crippen LogP) is 4.20. The van der Waals surface area contributed by atoms with Gasteiger partial charge in [0.25, 0.3) is 5.91 Å². The number of rotatable bonds is 5. The molecular formula is C27H26F3N7O3. The maximum absolute atomic E-state index is 13.0. The highest BCUT2D eigenvalue weighted by atomic mass is 19.4. The van der Waals surface area contributed by atoms with Crippen molar-refractivity contribution in [1.82, 2.24) is 24.3 Å². The second-order valence-corrected chi connectivity index (χ2v) is 9.61. The largest absolute Gasteiger partial charge is 0.416 e. The van der Waals surface area contributed by atoms with Gasteiger partial charge in [-0.1, -0.05) is 26.0 Å². The van der Waals surface area contributed by atoms with E-state index in [0.29, 0.717) is 42.3 Å². The summed E-state index contributed by atoms with van der Waals surface area (Å²) in [5.41, 5.74) is 7.19. The van der Waals surface area contributed by atoms with Crippen LogP contribution in [0, 0.1) is 5.92 Å². The number of fused-ring (bicyclic) bond motifs is 1. The molecule has 4 aromatic rings. The number of benzene rings is 1. The minimum atomic E-state index is -4.56. The first kappa shape index (κ1) is 27.1. The molecule has 1 fully saturated rings. The lowest BCUT2D eigenvalue weighted by Gasteiger charge is -2.33. The molecule has 1 aliphatic heterocycles. The van der Waals surface area contributed by atoms with Crippen LogP contribution in [0.5, 0.6) is 0 Å². The molecule has 0 aliphatic carbocycles. The Kier molecular flexibility index (Phi) is 7.15. The number of hydrogen-bond acceptors (Lipinski definition) is 7. The Labute approximate surface area is 227 Å². The van der Waals surface area contributed by atoms with Crippen molar-refractivity contribution in [2.45, 2.75) is 26.1 Å². The van der Waals surface area contributed by atoms with Gasteiger partial charge >= 0.3 is 6.18 Å². The number of nitrogen functional groups attached to an aromatic ring is 1. The molecule has 4 heterocycles. The molecule has 13 heteroatoms. The molecule has 3 N–H and O–H groups in total. The van der Waals surface area contributed by atoms with E-state index in [1.165, 1.54) is 12.1 Å². The van der Waals surface area contributed by atoms with Crippen molar-refractivity contribution in [2.24, 2.45) is 5.92 Å². The minimum Gasteiger partial charge on any atom is -0.382 e. The van der Waals surface area contributed by atoms with Gasteiger partial charge in [-0.25, -0.2) is 15.0 Å². The van der Waals surface area contributed by atoms with Crippen LogP contribution >= 0.6 is 0 Å². The lowest BCUT2D eigenvalue weighted by molar-refractivity contribution is -0.142. The number of carbonyl (C=O) groups is 2. The fraction of sp³-hybridized carbons (Fsp3) is 0.296. The lowest BCUT2D eigenvalue weighted by Crippen LogP contribution is -2.44. The summed E-state index contributed by atoms with van der Waals surface area (Å²) >= 11 is 0. The zero-order chi connectivity index (χ0) is 28.6. The van der Waals surface area contributed by atoms with Crippen molar-refractivity contribution >= 4 is 29.0 Å². The standard InChI is InChI=1S/C27H26F3N7O3/c1-15(2)26(39)36-11-12-40-19(14-36)24-35-21(22-23(31)33-9-10-37(22)24)16-3-5-17(6-4-16)25(38)34-20-13-18(7-8-32-20)27(28,29)30/h3-10,13,15,19H,11-12,14H2,1-2H3,(H2,31,33)(H,32,34,38). The van der Waals surface area contributed by atoms with Crippen molar-refractivity contribution in [2.75, 3.05) is 30.7 Å². The van der Waals surface area contributed by atoms with Gasteiger partial charge < -0.3 is 20.7 Å². The SMILES string of the molecule is CC(C)C(=O)N1CCOC(c2nc(-c3ccc(C(=O)Nc4cc(C(F)(F)F)ccn4)cc3)c3c(N)nccn23)C1. The van der Waals surface area contributed by atoms with E-state index < -0.39 is 23.8 Å². The molecule has 5 rings (SSSR count). The first-order valence-corrected chi connectivity index (χ1v) is 12.5. The molecule has 0 spiro atoms. The molecule has 1 saturated heterocycles. The molecule has 1 unspecified atom stereocenters. The fourth-order valence-electron chi connectivity index (χ4n) is 4.53. The molecule has 1 aliphatic rings. The van der Waals surface area contributed by atoms with Crippen LogP contribution in [0.25, 0.3) is 16.8 Å². The Bertz CT molecular complexity index is 1570. The summed E-state index contributed by atoms with van der Waals surface area (Å²) in [5, 5.41) is 2.39. The Morgan fingerprint density at radius 2 is 1.88 bits per heavy atom. The predicted molar refractivity (Wildman–Crippen MR) is 140 cm³/mol. The van der Waals surface area contributed by atoms with E-state index in [0.717, 1.165) is 18.3 Å². The molecule has 1 aromatic carbocycles. The number of anilines is 2. The zero-order valence-electron chi connectivity index (χ0n) is 21.6. The number of hydrogen-bond donors (Lipinski definition) is 2. The van der Waals surface area contributed by atoms with Crippen molar-refractivity contribution in [3.8, 4) is 11.3 Å². The van der Waals surface area contributed by atoms with Gasteiger partial charge in [0, 0.05) is 42.2 Å². The molecule has 40 heavy (non-hydrogen) atoms. The number of alkyl halides is 3. The quantitative estimate of drug-likeness (QED) is 0.379. The molecule has 2 amide bonds. The topological polar surface area (TPSA) is 128 Å². The molecule has 1 atom stereocenters. The van der Waals surface area contributed by atoms with Crippen LogP contribution in [0.15, 0.2) is 55.0 Å². The van der Waals surface area contributed by atoms with Gasteiger partial charge in [0.1, 0.15) is 34.8 Å². The molecular weight excluding hydrogens is 527 g/mol. The first-order valence-electron chi connectivity index (χ1n) is 12.5. The number of imidazole rings is 1. The van der Waals surface area contributed by atoms with E-state index in [1.807, 2.05) is 13.8 Å². The molecule has 10 nitrogen and oxygen atoms in total. The molecule has 208 valence electrons. The normalized spacial score (nSPS) is 15.9. The monoisotopic (exact) mass is 553 g/mol. The number of amides is 2. The van der Waals surface area contributed by atoms with Crippen LogP contribution in [-0.2, 0) is 15.7 Å². The minimum absolute atomic E-state index is 0.0322. The Hall–Kier alpha value is -4.52. The third-order valence-corrected chi connectivity index (χ3v) is 6.52. The van der Waals surface area contributed by atoms with E-state index in [2.05, 4.69) is 15.3 Å². The van der Waals surface area contributed by atoms with Gasteiger partial charge in [0.15, 0.2) is 0 Å². The van der Waals surface area contributed by atoms with Gasteiger partial charge in [0.2, 0.25) is 5.91 Å². The number of carbonyl (C=O) groups excluding carboxylic acids is 2. The van der Waals surface area contributed by atoms with Gasteiger partial charge in [-0.2, -0.15) is 13.2 Å². The van der Waals surface area contributed by atoms with E-state index >= 15 is 0 Å². The highest BCUT2D eigenvalue weighted by molar-refractivity contribution is 6.04. The summed E-state index contributed by atoms with van der Waals surface area (Å²) < 4.78 is 46.8. The Balaban J connectivity index is 1.42. The summed E-state index contributed by atoms with van der Waals surface area (Å²) in [6.07, 6.45) is -0.808. The van der Waals surface area contributed by atoms with E-state index in [1.54, 1.807) is 33.8 Å². The Morgan fingerprint density at radius 3 is 2.58 bits per heavy atom. The fourth-order valence-corrected chi connectivity index (χ4v) is 4.53. The third kappa shape index (κ3) is 5.32. The lowest BCUT2D eigenvalue weighted by atomic mass is 10.1. The van der Waals surface area contributed by atoms with Crippen LogP contribution in [0.1, 0.15) is 41.7 Å². The second kappa shape index (κ2) is 10.6. The summed E-state index contributed by atoms with van der Waals surface area (Å²) in [6.45, 7) is 4.89. The van der Waals surface area contributed by atoms with Crippen LogP contribution in [-0.4, -0.2) is 55.8 Å². The summed E-state index contributed by atoms with van der Waals surface area (Å²) in [4.78, 5) is 39.9. The van der Waals surface area contributed by atoms with Crippen LogP contribution in [0.2, 0.25) is 0 Å². The number of morpholine rings is 1. The number of ether oxygens (including phenoxy) is 1. The van der Waals surface area contributed by atoms with Crippen molar-refractivity contribution in [3.63, 3.8) is 0 Å². The number of nitrogens with two attached hydrogens (primary N) is 1. The molecule has 0 radical (unpaired) electrons. The number of pyridine rings is 1. The summed E-state index contributed by atoms with van der Waals surface area (Å²) in [6, 6.07) is 7.95. The van der Waals surface area contributed by atoms with Crippen LogP contribution in [0.4, 0.5) is 24.8 Å². The van der Waals surface area contributed by atoms with Gasteiger partial charge in [0.05, 0.1) is 18.7 Å². The third-order valence-electron chi connectivity index (χ3n) is 6.52. The average Bonchev–Trinajstić information content (AvgIpc) is 3.33. The van der Waals surface area contributed by atoms with Gasteiger partial charge in [-0.05, 0) is 24.3 Å². The number of nitrogens with one attached hydrogen (secondary N) is 1. The van der Waals surface area contributed by atoms with Crippen molar-refractivity contribution in [1.29, 1.82) is 0 Å². The summed E-state index contributed by atoms with van der Waals surface area (Å²) in [7, 11) is 0. The van der Waals surface area contributed by atoms with Crippen LogP contribution in [0.3, 0.4) is 0 Å². The first-order chi connectivity index (χ1) is 19.0. The maximum atomic E-state index is 13.0. The number of nitrogens with zero attached hydrogens (tertiary/aromatic N) is 5. The van der Waals surface area contributed by atoms with Crippen molar-refractivity contribution < 1.29 is 27.5 Å². The zero-order valence-corrected chi connectivity index (χ0v) is 21.6. The van der Waals surface area contributed by atoms with E-state index in [-0.39, 0.29) is 29.0 Å². The number of aromatic nitrogens is 4. The van der Waals surface area contributed by atoms with Gasteiger partial charge in [-0.3, -0.25) is 14.0 Å². The van der Waals surface area contributed by atoms with Crippen LogP contribution < -0.4 is 11.1 Å². The highest BCUT2D eigenvalue weighted by Crippen LogP contribution is 2.33. The maximum Gasteiger partial charge on any atom is 0.416 e. The average molecular weight is 554 g/mol. The number of halogens is 3. The molecule has 0 bridgehead atoms. The van der Waals surface area contributed by atoms with Gasteiger partial charge in [-0.15, -0.1) is 0 Å². The molecule has 0 saturated carbocycles. The summed E-state index contributed by atoms with van der Waals surface area (Å²) in [5.74, 6) is -0.168. The highest BCUT2D eigenvalue weighted by Gasteiger charge is 2.32. The Morgan fingerprint density at radius 1 is 1.12 bits per heavy atom. The second-order valence-electron chi connectivity index (χ2n) is 9.61. The smallest absolute Gasteiger partial charge is 0.382 e. The van der Waals surface area contributed by atoms with E-state index in [9.17, 15) is 22.8 Å².